The quantitative estimate of drug-likeness (QED) is 0.729. The molecule has 2 aliphatic rings. The van der Waals surface area contributed by atoms with E-state index in [1.54, 1.807) is 0 Å². The van der Waals surface area contributed by atoms with Crippen LogP contribution in [0.3, 0.4) is 0 Å². The van der Waals surface area contributed by atoms with Crippen LogP contribution in [0.2, 0.25) is 5.02 Å². The van der Waals surface area contributed by atoms with Gasteiger partial charge in [0.05, 0.1) is 0 Å². The second-order valence-corrected chi connectivity index (χ2v) is 5.12. The standard InChI is InChI=1S/C15H13ClO/c16-13-3-1-2-10(9-13)11-4-6-14-12(8-11)5-7-15(14)17/h1-4,6,9,12H,5,7-8H2. The predicted molar refractivity (Wildman–Crippen MR) is 69.9 cm³/mol. The molecule has 0 spiro atoms. The van der Waals surface area contributed by atoms with E-state index in [0.717, 1.165) is 23.4 Å². The van der Waals surface area contributed by atoms with Gasteiger partial charge in [0.2, 0.25) is 0 Å². The fourth-order valence-electron chi connectivity index (χ4n) is 2.70. The van der Waals surface area contributed by atoms with Crippen molar-refractivity contribution in [1.82, 2.24) is 0 Å². The maximum absolute atomic E-state index is 11.6. The zero-order valence-electron chi connectivity index (χ0n) is 9.45. The molecule has 1 unspecified atom stereocenters. The average molecular weight is 245 g/mol. The molecule has 17 heavy (non-hydrogen) atoms. The van der Waals surface area contributed by atoms with Crippen LogP contribution in [-0.4, -0.2) is 5.78 Å². The van der Waals surface area contributed by atoms with E-state index in [1.165, 1.54) is 11.1 Å². The van der Waals surface area contributed by atoms with Crippen LogP contribution in [0.25, 0.3) is 5.57 Å². The largest absolute Gasteiger partial charge is 0.295 e. The van der Waals surface area contributed by atoms with Gasteiger partial charge >= 0.3 is 0 Å². The molecule has 0 saturated heterocycles. The van der Waals surface area contributed by atoms with Gasteiger partial charge in [-0.15, -0.1) is 0 Å². The minimum absolute atomic E-state index is 0.330. The number of ketones is 1. The number of benzene rings is 1. The smallest absolute Gasteiger partial charge is 0.159 e. The van der Waals surface area contributed by atoms with Crippen molar-refractivity contribution >= 4 is 23.0 Å². The number of hydrogen-bond donors (Lipinski definition) is 0. The Kier molecular flexibility index (Phi) is 2.64. The van der Waals surface area contributed by atoms with Crippen LogP contribution in [0.15, 0.2) is 42.0 Å². The molecular formula is C15H13ClO. The molecule has 1 nitrogen and oxygen atoms in total. The third-order valence-electron chi connectivity index (χ3n) is 3.61. The molecule has 0 aromatic heterocycles. The fraction of sp³-hybridized carbons (Fsp3) is 0.267. The first-order chi connectivity index (χ1) is 8.24. The highest BCUT2D eigenvalue weighted by Crippen LogP contribution is 2.39. The van der Waals surface area contributed by atoms with E-state index in [0.29, 0.717) is 18.1 Å². The lowest BCUT2D eigenvalue weighted by Crippen LogP contribution is -2.06. The van der Waals surface area contributed by atoms with E-state index in [9.17, 15) is 4.79 Å². The summed E-state index contributed by atoms with van der Waals surface area (Å²) in [5.74, 6) is 0.762. The second-order valence-electron chi connectivity index (χ2n) is 4.69. The highest BCUT2D eigenvalue weighted by molar-refractivity contribution is 6.30. The number of hydrogen-bond acceptors (Lipinski definition) is 1. The summed E-state index contributed by atoms with van der Waals surface area (Å²) in [6.45, 7) is 0. The van der Waals surface area contributed by atoms with Crippen molar-refractivity contribution in [3.05, 3.63) is 52.6 Å². The molecule has 2 heteroatoms. The highest BCUT2D eigenvalue weighted by atomic mass is 35.5. The molecule has 0 amide bonds. The van der Waals surface area contributed by atoms with Gasteiger partial charge in [-0.05, 0) is 47.6 Å². The molecular weight excluding hydrogens is 232 g/mol. The third-order valence-corrected chi connectivity index (χ3v) is 3.84. The van der Waals surface area contributed by atoms with Gasteiger partial charge in [-0.3, -0.25) is 4.79 Å². The summed E-state index contributed by atoms with van der Waals surface area (Å²) in [5, 5.41) is 0.765. The summed E-state index contributed by atoms with van der Waals surface area (Å²) in [6, 6.07) is 7.92. The van der Waals surface area contributed by atoms with Crippen LogP contribution in [-0.2, 0) is 4.79 Å². The minimum Gasteiger partial charge on any atom is -0.295 e. The maximum Gasteiger partial charge on any atom is 0.159 e. The highest BCUT2D eigenvalue weighted by Gasteiger charge is 2.30. The van der Waals surface area contributed by atoms with Crippen molar-refractivity contribution in [3.8, 4) is 0 Å². The number of rotatable bonds is 1. The Morgan fingerprint density at radius 1 is 1.24 bits per heavy atom. The van der Waals surface area contributed by atoms with Crippen LogP contribution in [0.4, 0.5) is 0 Å². The number of allylic oxidation sites excluding steroid dienone is 4. The number of carbonyl (C=O) groups is 1. The summed E-state index contributed by atoms with van der Waals surface area (Å²) in [7, 11) is 0. The molecule has 1 aromatic carbocycles. The lowest BCUT2D eigenvalue weighted by atomic mass is 9.86. The van der Waals surface area contributed by atoms with E-state index in [4.69, 9.17) is 11.6 Å². The van der Waals surface area contributed by atoms with Crippen molar-refractivity contribution in [1.29, 1.82) is 0 Å². The topological polar surface area (TPSA) is 17.1 Å². The molecule has 0 aliphatic heterocycles. The first kappa shape index (κ1) is 10.8. The molecule has 2 aliphatic carbocycles. The van der Waals surface area contributed by atoms with E-state index in [2.05, 4.69) is 12.1 Å². The average Bonchev–Trinajstić information content (AvgIpc) is 2.71. The van der Waals surface area contributed by atoms with Crippen LogP contribution < -0.4 is 0 Å². The molecule has 0 N–H and O–H groups in total. The van der Waals surface area contributed by atoms with Gasteiger partial charge in [-0.1, -0.05) is 35.9 Å². The van der Waals surface area contributed by atoms with E-state index in [1.807, 2.05) is 24.3 Å². The lowest BCUT2D eigenvalue weighted by molar-refractivity contribution is -0.114. The SMILES string of the molecule is O=C1CCC2CC(c3cccc(Cl)c3)=CC=C12. The molecule has 0 radical (unpaired) electrons. The number of fused-ring (bicyclic) bond motifs is 1. The Labute approximate surface area is 106 Å². The number of carbonyl (C=O) groups excluding carboxylic acids is 1. The predicted octanol–water partition coefficient (Wildman–Crippen LogP) is 4.03. The summed E-state index contributed by atoms with van der Waals surface area (Å²) in [6.07, 6.45) is 6.76. The zero-order valence-corrected chi connectivity index (χ0v) is 10.2. The van der Waals surface area contributed by atoms with Crippen LogP contribution in [0.5, 0.6) is 0 Å². The van der Waals surface area contributed by atoms with Gasteiger partial charge in [0.15, 0.2) is 5.78 Å². The summed E-state index contributed by atoms with van der Waals surface area (Å²) < 4.78 is 0. The Bertz CT molecular complexity index is 540. The van der Waals surface area contributed by atoms with E-state index >= 15 is 0 Å². The van der Waals surface area contributed by atoms with Gasteiger partial charge in [-0.2, -0.15) is 0 Å². The van der Waals surface area contributed by atoms with Crippen molar-refractivity contribution in [2.45, 2.75) is 19.3 Å². The van der Waals surface area contributed by atoms with E-state index < -0.39 is 0 Å². The number of Topliss-reactive ketones (excluding diaryl/α,β-unsaturated/α-hetero) is 1. The van der Waals surface area contributed by atoms with Gasteiger partial charge < -0.3 is 0 Å². The van der Waals surface area contributed by atoms with Crippen molar-refractivity contribution in [2.24, 2.45) is 5.92 Å². The molecule has 3 rings (SSSR count). The molecule has 1 atom stereocenters. The van der Waals surface area contributed by atoms with Gasteiger partial charge in [0.1, 0.15) is 0 Å². The van der Waals surface area contributed by atoms with Gasteiger partial charge in [0.25, 0.3) is 0 Å². The Morgan fingerprint density at radius 2 is 2.12 bits per heavy atom. The first-order valence-electron chi connectivity index (χ1n) is 5.94. The molecule has 86 valence electrons. The molecule has 1 saturated carbocycles. The minimum atomic E-state index is 0.330. The second kappa shape index (κ2) is 4.15. The molecule has 0 heterocycles. The fourth-order valence-corrected chi connectivity index (χ4v) is 2.89. The van der Waals surface area contributed by atoms with Crippen molar-refractivity contribution in [3.63, 3.8) is 0 Å². The van der Waals surface area contributed by atoms with Crippen LogP contribution >= 0.6 is 11.6 Å². The van der Waals surface area contributed by atoms with E-state index in [-0.39, 0.29) is 0 Å². The van der Waals surface area contributed by atoms with Crippen molar-refractivity contribution < 1.29 is 4.79 Å². The summed E-state index contributed by atoms with van der Waals surface area (Å²) in [4.78, 5) is 11.6. The van der Waals surface area contributed by atoms with Crippen LogP contribution in [0.1, 0.15) is 24.8 Å². The van der Waals surface area contributed by atoms with Gasteiger partial charge in [-0.25, -0.2) is 0 Å². The Hall–Kier alpha value is -1.34. The Balaban J connectivity index is 1.95. The van der Waals surface area contributed by atoms with Gasteiger partial charge in [0, 0.05) is 11.4 Å². The molecule has 1 aromatic rings. The Morgan fingerprint density at radius 3 is 2.94 bits per heavy atom. The third kappa shape index (κ3) is 1.96. The summed E-state index contributed by atoms with van der Waals surface area (Å²) in [5.41, 5.74) is 3.49. The first-order valence-corrected chi connectivity index (χ1v) is 6.32. The summed E-state index contributed by atoms with van der Waals surface area (Å²) >= 11 is 6.00. The monoisotopic (exact) mass is 244 g/mol. The lowest BCUT2D eigenvalue weighted by Gasteiger charge is -2.18. The normalized spacial score (nSPS) is 23.1. The molecule has 1 fully saturated rings. The zero-order chi connectivity index (χ0) is 11.8. The maximum atomic E-state index is 11.6. The molecule has 0 bridgehead atoms. The number of halogens is 1. The van der Waals surface area contributed by atoms with Crippen LogP contribution in [0, 0.1) is 5.92 Å². The van der Waals surface area contributed by atoms with Crippen molar-refractivity contribution in [2.75, 3.05) is 0 Å².